The molecule has 0 bridgehead atoms. The molecule has 202 valence electrons. The summed E-state index contributed by atoms with van der Waals surface area (Å²) >= 11 is 6.20. The van der Waals surface area contributed by atoms with Gasteiger partial charge in [0.2, 0.25) is 0 Å². The molecule has 1 aromatic carbocycles. The number of nitrogens with zero attached hydrogens (tertiary/aromatic N) is 3. The van der Waals surface area contributed by atoms with Crippen molar-refractivity contribution in [2.24, 2.45) is 0 Å². The highest BCUT2D eigenvalue weighted by Gasteiger charge is 2.46. The summed E-state index contributed by atoms with van der Waals surface area (Å²) in [5.41, 5.74) is 1.03. The highest BCUT2D eigenvalue weighted by atomic mass is 35.5. The topological polar surface area (TPSA) is 196 Å². The number of aliphatic hydroxyl groups is 2. The number of hydrogen-bond donors (Lipinski definition) is 6. The summed E-state index contributed by atoms with van der Waals surface area (Å²) in [6.45, 7) is 1.00. The minimum absolute atomic E-state index is 0.0454. The second-order valence-electron chi connectivity index (χ2n) is 8.49. The molecule has 0 aliphatic carbocycles. The first kappa shape index (κ1) is 28.1. The monoisotopic (exact) mass is 580 g/mol. The van der Waals surface area contributed by atoms with Crippen molar-refractivity contribution in [3.63, 3.8) is 0 Å². The maximum atomic E-state index is 14.2. The molecule has 3 heterocycles. The fourth-order valence-corrected chi connectivity index (χ4v) is 6.72. The predicted octanol–water partition coefficient (Wildman–Crippen LogP) is 2.35. The highest BCUT2D eigenvalue weighted by Crippen LogP contribution is 2.55. The van der Waals surface area contributed by atoms with Gasteiger partial charge in [-0.3, -0.25) is 9.13 Å². The van der Waals surface area contributed by atoms with Crippen LogP contribution in [0.4, 0.5) is 10.1 Å². The van der Waals surface area contributed by atoms with Crippen LogP contribution >= 0.6 is 26.8 Å². The van der Waals surface area contributed by atoms with E-state index in [4.69, 9.17) is 30.6 Å². The van der Waals surface area contributed by atoms with Crippen LogP contribution in [0.1, 0.15) is 24.8 Å². The van der Waals surface area contributed by atoms with Gasteiger partial charge in [-0.1, -0.05) is 29.8 Å². The summed E-state index contributed by atoms with van der Waals surface area (Å²) in [4.78, 5) is 31.7. The van der Waals surface area contributed by atoms with Gasteiger partial charge in [0.15, 0.2) is 17.8 Å². The number of halogens is 2. The standard InChI is InChI=1S/C20H24ClFN4O9P2/c1-10(11-4-2-3-5-13(11)22)24-14-6-16(21)25-19-12(14)7-23-26(19)20-18(28)17(27)15(35-20)8-34-37(32,33)9-36(29,30)31/h2-7,10,15,17-18,20,27-28H,8-9H2,1H3,(H,24,25)(H,32,33)(H2,29,30,31)/t10-,15+,17+,18+,20+/m1/s1. The summed E-state index contributed by atoms with van der Waals surface area (Å²) in [5, 5.41) is 28.8. The number of aromatic nitrogens is 3. The van der Waals surface area contributed by atoms with Crippen molar-refractivity contribution in [1.82, 2.24) is 14.8 Å². The molecule has 1 unspecified atom stereocenters. The van der Waals surface area contributed by atoms with Crippen LogP contribution < -0.4 is 5.32 Å². The predicted molar refractivity (Wildman–Crippen MR) is 130 cm³/mol. The van der Waals surface area contributed by atoms with Crippen LogP contribution in [-0.4, -0.2) is 70.5 Å². The van der Waals surface area contributed by atoms with Gasteiger partial charge in [-0.15, -0.1) is 0 Å². The fourth-order valence-electron chi connectivity index (χ4n) is 3.96. The minimum Gasteiger partial charge on any atom is -0.387 e. The lowest BCUT2D eigenvalue weighted by molar-refractivity contribution is -0.0541. The molecule has 2 aromatic heterocycles. The Morgan fingerprint density at radius 2 is 1.95 bits per heavy atom. The van der Waals surface area contributed by atoms with Crippen molar-refractivity contribution < 1.29 is 47.7 Å². The molecule has 3 aromatic rings. The van der Waals surface area contributed by atoms with Crippen molar-refractivity contribution in [3.8, 4) is 0 Å². The Morgan fingerprint density at radius 1 is 1.24 bits per heavy atom. The zero-order chi connectivity index (χ0) is 27.1. The molecule has 1 aliphatic rings. The average Bonchev–Trinajstić information content (AvgIpc) is 3.32. The van der Waals surface area contributed by atoms with Crippen LogP contribution in [0.2, 0.25) is 5.15 Å². The zero-order valence-corrected chi connectivity index (χ0v) is 21.7. The smallest absolute Gasteiger partial charge is 0.340 e. The molecule has 1 saturated heterocycles. The highest BCUT2D eigenvalue weighted by molar-refractivity contribution is 7.70. The van der Waals surface area contributed by atoms with Gasteiger partial charge in [0, 0.05) is 5.56 Å². The number of rotatable bonds is 9. The van der Waals surface area contributed by atoms with Crippen molar-refractivity contribution in [2.75, 3.05) is 17.8 Å². The zero-order valence-electron chi connectivity index (χ0n) is 19.1. The van der Waals surface area contributed by atoms with E-state index in [9.17, 15) is 28.6 Å². The van der Waals surface area contributed by atoms with Crippen LogP contribution in [0.5, 0.6) is 0 Å². The molecular weight excluding hydrogens is 557 g/mol. The second kappa shape index (κ2) is 10.7. The van der Waals surface area contributed by atoms with Gasteiger partial charge in [0.25, 0.3) is 0 Å². The molecule has 6 atom stereocenters. The molecule has 1 fully saturated rings. The van der Waals surface area contributed by atoms with Crippen LogP contribution in [-0.2, 0) is 18.4 Å². The Kier molecular flexibility index (Phi) is 8.08. The third-order valence-electron chi connectivity index (χ3n) is 5.66. The Labute approximate surface area is 214 Å². The second-order valence-corrected chi connectivity index (χ2v) is 12.9. The molecule has 0 radical (unpaired) electrons. The SMILES string of the molecule is C[C@@H](Nc1cc(Cl)nc2c1cnn2[C@H]1O[C@@H](COP(=O)(O)CP(=O)(O)O)[C@H](O)[C@@H]1O)c1ccccc1F. The lowest BCUT2D eigenvalue weighted by Gasteiger charge is -2.19. The summed E-state index contributed by atoms with van der Waals surface area (Å²) in [7, 11) is -9.56. The van der Waals surface area contributed by atoms with Gasteiger partial charge < -0.3 is 39.5 Å². The van der Waals surface area contributed by atoms with E-state index >= 15 is 0 Å². The third kappa shape index (κ3) is 6.37. The van der Waals surface area contributed by atoms with Crippen LogP contribution in [0.15, 0.2) is 36.5 Å². The molecule has 0 amide bonds. The number of fused-ring (bicyclic) bond motifs is 1. The van der Waals surface area contributed by atoms with E-state index in [1.807, 2.05) is 0 Å². The molecule has 1 aliphatic heterocycles. The van der Waals surface area contributed by atoms with E-state index in [1.165, 1.54) is 18.3 Å². The maximum Gasteiger partial charge on any atom is 0.340 e. The van der Waals surface area contributed by atoms with Gasteiger partial charge in [-0.25, -0.2) is 14.1 Å². The fraction of sp³-hybridized carbons (Fsp3) is 0.400. The third-order valence-corrected chi connectivity index (χ3v) is 9.31. The molecular formula is C20H24ClFN4O9P2. The van der Waals surface area contributed by atoms with Crippen molar-refractivity contribution in [3.05, 3.63) is 53.1 Å². The summed E-state index contributed by atoms with van der Waals surface area (Å²) in [6.07, 6.45) is -4.43. The molecule has 17 heteroatoms. The number of ether oxygens (including phenoxy) is 1. The van der Waals surface area contributed by atoms with E-state index < -0.39 is 64.1 Å². The van der Waals surface area contributed by atoms with Crippen molar-refractivity contribution >= 4 is 43.5 Å². The molecule has 37 heavy (non-hydrogen) atoms. The van der Waals surface area contributed by atoms with E-state index in [2.05, 4.69) is 15.4 Å². The molecule has 6 N–H and O–H groups in total. The van der Waals surface area contributed by atoms with E-state index in [-0.39, 0.29) is 10.8 Å². The van der Waals surface area contributed by atoms with Crippen LogP contribution in [0, 0.1) is 5.82 Å². The molecule has 0 saturated carbocycles. The van der Waals surface area contributed by atoms with Crippen molar-refractivity contribution in [2.45, 2.75) is 37.5 Å². The van der Waals surface area contributed by atoms with Gasteiger partial charge >= 0.3 is 15.2 Å². The van der Waals surface area contributed by atoms with Crippen molar-refractivity contribution in [1.29, 1.82) is 0 Å². The minimum atomic E-state index is -4.85. The lowest BCUT2D eigenvalue weighted by atomic mass is 10.1. The Bertz CT molecular complexity index is 1390. The summed E-state index contributed by atoms with van der Waals surface area (Å²) in [6, 6.07) is 7.31. The Balaban J connectivity index is 1.56. The first-order chi connectivity index (χ1) is 17.3. The number of benzene rings is 1. The van der Waals surface area contributed by atoms with Gasteiger partial charge in [0.05, 0.1) is 29.9 Å². The molecule has 13 nitrogen and oxygen atoms in total. The van der Waals surface area contributed by atoms with Crippen LogP contribution in [0.3, 0.4) is 0 Å². The van der Waals surface area contributed by atoms with Gasteiger partial charge in [-0.05, 0) is 19.1 Å². The van der Waals surface area contributed by atoms with Crippen LogP contribution in [0.25, 0.3) is 11.0 Å². The number of aliphatic hydroxyl groups excluding tert-OH is 2. The van der Waals surface area contributed by atoms with Gasteiger partial charge in [0.1, 0.15) is 29.3 Å². The van der Waals surface area contributed by atoms with E-state index in [0.717, 1.165) is 4.68 Å². The number of pyridine rings is 1. The summed E-state index contributed by atoms with van der Waals surface area (Å²) in [5.74, 6) is -1.81. The normalized spacial score (nSPS) is 24.8. The number of anilines is 1. The number of nitrogens with one attached hydrogen (secondary N) is 1. The Morgan fingerprint density at radius 3 is 2.62 bits per heavy atom. The average molecular weight is 581 g/mol. The molecule has 4 rings (SSSR count). The van der Waals surface area contributed by atoms with Gasteiger partial charge in [-0.2, -0.15) is 5.10 Å². The Hall–Kier alpha value is -1.96. The first-order valence-electron chi connectivity index (χ1n) is 10.8. The van der Waals surface area contributed by atoms with E-state index in [0.29, 0.717) is 16.6 Å². The first-order valence-corrected chi connectivity index (χ1v) is 14.8. The largest absolute Gasteiger partial charge is 0.387 e. The lowest BCUT2D eigenvalue weighted by Crippen LogP contribution is -2.33. The maximum absolute atomic E-state index is 14.2. The molecule has 0 spiro atoms. The summed E-state index contributed by atoms with van der Waals surface area (Å²) < 4.78 is 48.6. The number of hydrogen-bond acceptors (Lipinski definition) is 9. The quantitative estimate of drug-likeness (QED) is 0.160. The van der Waals surface area contributed by atoms with E-state index in [1.54, 1.807) is 25.1 Å².